The fraction of sp³-hybridized carbons (Fsp3) is 0. The molecule has 8 heteroatoms. The minimum atomic E-state index is -0.247. The molecule has 0 fully saturated rings. The lowest BCUT2D eigenvalue weighted by atomic mass is 10.1. The van der Waals surface area contributed by atoms with Gasteiger partial charge >= 0.3 is 5.95 Å². The summed E-state index contributed by atoms with van der Waals surface area (Å²) in [6.07, 6.45) is 6.36. The number of nitrogens with zero attached hydrogens (tertiary/aromatic N) is 6. The van der Waals surface area contributed by atoms with Crippen molar-refractivity contribution < 1.29 is 5.11 Å². The molecule has 98 valence electrons. The van der Waals surface area contributed by atoms with Crippen LogP contribution >= 0.6 is 0 Å². The maximum absolute atomic E-state index is 10.2. The van der Waals surface area contributed by atoms with Crippen molar-refractivity contribution in [2.45, 2.75) is 0 Å². The van der Waals surface area contributed by atoms with Gasteiger partial charge in [0.05, 0.1) is 18.2 Å². The van der Waals surface area contributed by atoms with E-state index in [0.717, 1.165) is 5.69 Å². The number of nitroso groups, excluding NO2 is 1. The van der Waals surface area contributed by atoms with Crippen LogP contribution in [-0.4, -0.2) is 29.8 Å². The van der Waals surface area contributed by atoms with E-state index in [1.165, 1.54) is 6.20 Å². The van der Waals surface area contributed by atoms with Crippen molar-refractivity contribution >= 4 is 5.95 Å². The molecule has 0 amide bonds. The van der Waals surface area contributed by atoms with Gasteiger partial charge in [-0.2, -0.15) is 0 Å². The molecule has 0 saturated carbocycles. The normalized spacial score (nSPS) is 10.4. The molecule has 0 spiro atoms. The monoisotopic (exact) mass is 268 g/mol. The highest BCUT2D eigenvalue weighted by Crippen LogP contribution is 2.29. The van der Waals surface area contributed by atoms with Gasteiger partial charge in [0.1, 0.15) is 11.4 Å². The number of aromatic hydroxyl groups is 1. The van der Waals surface area contributed by atoms with E-state index in [2.05, 4.69) is 25.3 Å². The van der Waals surface area contributed by atoms with E-state index in [9.17, 15) is 10.0 Å². The second-order valence-corrected chi connectivity index (χ2v) is 3.91. The Balaban J connectivity index is 2.00. The lowest BCUT2D eigenvalue weighted by molar-refractivity contribution is 0.476. The Morgan fingerprint density at radius 1 is 1.25 bits per heavy atom. The zero-order valence-electron chi connectivity index (χ0n) is 10.1. The molecule has 0 aliphatic rings. The lowest BCUT2D eigenvalue weighted by Gasteiger charge is -2.06. The van der Waals surface area contributed by atoms with Crippen molar-refractivity contribution in [3.8, 4) is 22.7 Å². The van der Waals surface area contributed by atoms with Crippen LogP contribution in [0.3, 0.4) is 0 Å². The zero-order valence-corrected chi connectivity index (χ0v) is 10.1. The third-order valence-electron chi connectivity index (χ3n) is 2.69. The highest BCUT2D eigenvalue weighted by molar-refractivity contribution is 5.67. The summed E-state index contributed by atoms with van der Waals surface area (Å²) in [7, 11) is 0. The topological polar surface area (TPSA) is 106 Å². The van der Waals surface area contributed by atoms with E-state index in [-0.39, 0.29) is 11.7 Å². The van der Waals surface area contributed by atoms with Gasteiger partial charge in [-0.05, 0) is 12.1 Å². The molecular weight excluding hydrogens is 260 g/mol. The van der Waals surface area contributed by atoms with Crippen LogP contribution in [-0.2, 0) is 0 Å². The summed E-state index contributed by atoms with van der Waals surface area (Å²) in [5.74, 6) is -0.220. The quantitative estimate of drug-likeness (QED) is 0.726. The van der Waals surface area contributed by atoms with E-state index < -0.39 is 0 Å². The Hall–Kier alpha value is -3.16. The Kier molecular flexibility index (Phi) is 2.88. The van der Waals surface area contributed by atoms with E-state index in [4.69, 9.17) is 0 Å². The van der Waals surface area contributed by atoms with Crippen LogP contribution in [0.1, 0.15) is 0 Å². The summed E-state index contributed by atoms with van der Waals surface area (Å²) in [5, 5.41) is 19.9. The molecular formula is C12H8N6O2. The predicted octanol–water partition coefficient (Wildman–Crippen LogP) is 1.83. The molecule has 0 saturated heterocycles. The first-order valence-corrected chi connectivity index (χ1v) is 5.63. The van der Waals surface area contributed by atoms with Crippen molar-refractivity contribution in [1.29, 1.82) is 0 Å². The fourth-order valence-electron chi connectivity index (χ4n) is 1.74. The third-order valence-corrected chi connectivity index (χ3v) is 2.69. The molecule has 3 aromatic rings. The number of imidazole rings is 1. The van der Waals surface area contributed by atoms with Crippen LogP contribution in [0.25, 0.3) is 16.9 Å². The second kappa shape index (κ2) is 4.84. The highest BCUT2D eigenvalue weighted by Gasteiger charge is 2.09. The first kappa shape index (κ1) is 11.9. The van der Waals surface area contributed by atoms with Crippen molar-refractivity contribution in [3.05, 3.63) is 48.0 Å². The van der Waals surface area contributed by atoms with Gasteiger partial charge < -0.3 is 9.67 Å². The highest BCUT2D eigenvalue weighted by atomic mass is 16.3. The molecule has 0 bridgehead atoms. The van der Waals surface area contributed by atoms with Gasteiger partial charge in [-0.25, -0.2) is 9.97 Å². The van der Waals surface area contributed by atoms with Gasteiger partial charge in [-0.15, -0.1) is 15.1 Å². The molecule has 8 nitrogen and oxygen atoms in total. The van der Waals surface area contributed by atoms with Gasteiger partial charge in [0.15, 0.2) is 0 Å². The Morgan fingerprint density at radius 3 is 2.75 bits per heavy atom. The zero-order chi connectivity index (χ0) is 13.9. The maximum Gasteiger partial charge on any atom is 0.309 e. The van der Waals surface area contributed by atoms with Crippen molar-refractivity contribution in [1.82, 2.24) is 24.7 Å². The molecule has 0 atom stereocenters. The second-order valence-electron chi connectivity index (χ2n) is 3.91. The molecule has 3 rings (SSSR count). The standard InChI is InChI=1S/C12H8N6O2/c19-11-5-8(18-4-3-13-7-18)1-2-9(11)10-6-14-12(17-20)16-15-10/h1-7,19H. The van der Waals surface area contributed by atoms with Gasteiger partial charge in [-0.1, -0.05) is 0 Å². The molecule has 0 radical (unpaired) electrons. The summed E-state index contributed by atoms with van der Waals surface area (Å²) < 4.78 is 1.76. The minimum absolute atomic E-state index is 0.0270. The number of hydrogen-bond acceptors (Lipinski definition) is 7. The smallest absolute Gasteiger partial charge is 0.309 e. The predicted molar refractivity (Wildman–Crippen MR) is 69.5 cm³/mol. The lowest BCUT2D eigenvalue weighted by Crippen LogP contribution is -1.93. The Morgan fingerprint density at radius 2 is 2.15 bits per heavy atom. The molecule has 1 N–H and O–H groups in total. The number of hydrogen-bond donors (Lipinski definition) is 1. The van der Waals surface area contributed by atoms with Gasteiger partial charge in [0.2, 0.25) is 0 Å². The van der Waals surface area contributed by atoms with E-state index in [1.54, 1.807) is 41.5 Å². The number of phenols is 1. The van der Waals surface area contributed by atoms with E-state index in [1.807, 2.05) is 0 Å². The third kappa shape index (κ3) is 2.09. The number of aromatic nitrogens is 5. The first-order chi connectivity index (χ1) is 9.78. The van der Waals surface area contributed by atoms with Crippen molar-refractivity contribution in [3.63, 3.8) is 0 Å². The molecule has 0 aliphatic carbocycles. The Labute approximate surface area is 112 Å². The number of benzene rings is 1. The molecule has 0 aliphatic heterocycles. The van der Waals surface area contributed by atoms with E-state index >= 15 is 0 Å². The molecule has 1 aromatic carbocycles. The summed E-state index contributed by atoms with van der Waals surface area (Å²) >= 11 is 0. The van der Waals surface area contributed by atoms with Gasteiger partial charge in [0, 0.05) is 29.2 Å². The first-order valence-electron chi connectivity index (χ1n) is 5.63. The van der Waals surface area contributed by atoms with Crippen molar-refractivity contribution in [2.24, 2.45) is 5.18 Å². The fourth-order valence-corrected chi connectivity index (χ4v) is 1.74. The average Bonchev–Trinajstić information content (AvgIpc) is 3.01. The summed E-state index contributed by atoms with van der Waals surface area (Å²) in [4.78, 5) is 17.9. The Bertz CT molecular complexity index is 739. The summed E-state index contributed by atoms with van der Waals surface area (Å²) in [6, 6.07) is 5.05. The number of rotatable bonds is 3. The van der Waals surface area contributed by atoms with Gasteiger partial charge in [-0.3, -0.25) is 0 Å². The number of phenolic OH excluding ortho intramolecular Hbond substituents is 1. The SMILES string of the molecule is O=Nc1ncc(-c2ccc(-n3ccnc3)cc2O)nn1. The van der Waals surface area contributed by atoms with Crippen LogP contribution in [0.5, 0.6) is 5.75 Å². The van der Waals surface area contributed by atoms with E-state index in [0.29, 0.717) is 11.3 Å². The van der Waals surface area contributed by atoms with Crippen molar-refractivity contribution in [2.75, 3.05) is 0 Å². The van der Waals surface area contributed by atoms with Crippen LogP contribution in [0.15, 0.2) is 48.3 Å². The molecule has 0 unspecified atom stereocenters. The molecule has 2 aromatic heterocycles. The minimum Gasteiger partial charge on any atom is -0.507 e. The largest absolute Gasteiger partial charge is 0.507 e. The van der Waals surface area contributed by atoms with Crippen LogP contribution in [0.2, 0.25) is 0 Å². The van der Waals surface area contributed by atoms with Crippen LogP contribution < -0.4 is 0 Å². The maximum atomic E-state index is 10.2. The van der Waals surface area contributed by atoms with Crippen LogP contribution in [0.4, 0.5) is 5.95 Å². The molecule has 20 heavy (non-hydrogen) atoms. The van der Waals surface area contributed by atoms with Gasteiger partial charge in [0.25, 0.3) is 0 Å². The summed E-state index contributed by atoms with van der Waals surface area (Å²) in [6.45, 7) is 0. The summed E-state index contributed by atoms with van der Waals surface area (Å²) in [5.41, 5.74) is 1.58. The molecule has 2 heterocycles. The van der Waals surface area contributed by atoms with Crippen LogP contribution in [0, 0.1) is 4.91 Å². The average molecular weight is 268 g/mol.